The van der Waals surface area contributed by atoms with Gasteiger partial charge in [-0.3, -0.25) is 4.72 Å². The highest BCUT2D eigenvalue weighted by Gasteiger charge is 2.17. The second kappa shape index (κ2) is 10.8. The van der Waals surface area contributed by atoms with E-state index in [-0.39, 0.29) is 20.9 Å². The minimum absolute atomic E-state index is 0.0642. The van der Waals surface area contributed by atoms with Gasteiger partial charge in [-0.2, -0.15) is 0 Å². The summed E-state index contributed by atoms with van der Waals surface area (Å²) in [6.07, 6.45) is 0. The molecule has 4 rings (SSSR count). The standard InChI is InChI=1S/C12H14N4O2S.C9H10N4O2S2/c1-8-7-9(2)15-12(14-8)16-19(17,18)11-5-3-10(13)4-6-11;1-6-11-12-9(16-6)13-17(14,15)8-4-2-7(10)3-5-8/h3-7H,13H2,1-2H3,(H,14,15,16);2-5H,10H2,1H3,(H,12,13). The number of nitrogens with one attached hydrogen (secondary N) is 2. The highest BCUT2D eigenvalue weighted by molar-refractivity contribution is 7.93. The van der Waals surface area contributed by atoms with E-state index in [4.69, 9.17) is 11.5 Å². The van der Waals surface area contributed by atoms with Gasteiger partial charge in [0.2, 0.25) is 11.1 Å². The highest BCUT2D eigenvalue weighted by atomic mass is 32.2. The molecule has 0 bridgehead atoms. The summed E-state index contributed by atoms with van der Waals surface area (Å²) in [5.41, 5.74) is 13.4. The number of nitrogen functional groups attached to an aromatic ring is 2. The second-order valence-electron chi connectivity index (χ2n) is 7.45. The molecule has 2 heterocycles. The first-order valence-electron chi connectivity index (χ1n) is 10.2. The summed E-state index contributed by atoms with van der Waals surface area (Å²) in [6.45, 7) is 5.30. The van der Waals surface area contributed by atoms with Crippen molar-refractivity contribution in [2.75, 3.05) is 20.9 Å². The van der Waals surface area contributed by atoms with Crippen LogP contribution in [-0.4, -0.2) is 37.0 Å². The smallest absolute Gasteiger partial charge is 0.264 e. The van der Waals surface area contributed by atoms with E-state index in [0.717, 1.165) is 0 Å². The fourth-order valence-corrected chi connectivity index (χ4v) is 5.52. The van der Waals surface area contributed by atoms with Crippen molar-refractivity contribution in [1.82, 2.24) is 20.2 Å². The maximum atomic E-state index is 12.1. The number of hydrogen-bond donors (Lipinski definition) is 4. The lowest BCUT2D eigenvalue weighted by Gasteiger charge is -2.08. The number of aromatic nitrogens is 4. The average molecular weight is 549 g/mol. The van der Waals surface area contributed by atoms with Gasteiger partial charge in [-0.05, 0) is 75.4 Å². The summed E-state index contributed by atoms with van der Waals surface area (Å²) in [5, 5.41) is 8.37. The molecule has 0 fully saturated rings. The van der Waals surface area contributed by atoms with Crippen molar-refractivity contribution in [2.45, 2.75) is 30.6 Å². The second-order valence-corrected chi connectivity index (χ2v) is 12.0. The van der Waals surface area contributed by atoms with E-state index >= 15 is 0 Å². The Bertz CT molecular complexity index is 1530. The minimum atomic E-state index is -3.69. The topological polar surface area (TPSA) is 196 Å². The maximum absolute atomic E-state index is 12.1. The Kier molecular flexibility index (Phi) is 8.07. The van der Waals surface area contributed by atoms with Crippen molar-refractivity contribution >= 4 is 53.8 Å². The van der Waals surface area contributed by atoms with Crippen LogP contribution in [0.1, 0.15) is 16.4 Å². The van der Waals surface area contributed by atoms with Crippen molar-refractivity contribution in [1.29, 1.82) is 0 Å². The molecule has 0 radical (unpaired) electrons. The molecule has 15 heteroatoms. The predicted octanol–water partition coefficient (Wildman–Crippen LogP) is 2.71. The zero-order chi connectivity index (χ0) is 26.5. The van der Waals surface area contributed by atoms with Gasteiger partial charge in [-0.25, -0.2) is 31.5 Å². The summed E-state index contributed by atoms with van der Waals surface area (Å²) >= 11 is 1.18. The number of anilines is 4. The van der Waals surface area contributed by atoms with Gasteiger partial charge in [-0.15, -0.1) is 10.2 Å². The van der Waals surface area contributed by atoms with E-state index in [9.17, 15) is 16.8 Å². The number of nitrogens with two attached hydrogens (primary N) is 2. The molecule has 6 N–H and O–H groups in total. The summed E-state index contributed by atoms with van der Waals surface area (Å²) in [6, 6.07) is 13.6. The van der Waals surface area contributed by atoms with Gasteiger partial charge in [0.05, 0.1) is 9.79 Å². The number of hydrogen-bond acceptors (Lipinski definition) is 11. The lowest BCUT2D eigenvalue weighted by molar-refractivity contribution is 0.599. The fraction of sp³-hybridized carbons (Fsp3) is 0.143. The van der Waals surface area contributed by atoms with Gasteiger partial charge in [0, 0.05) is 22.8 Å². The van der Waals surface area contributed by atoms with Gasteiger partial charge in [0.1, 0.15) is 5.01 Å². The summed E-state index contributed by atoms with van der Waals surface area (Å²) in [7, 11) is -7.31. The lowest BCUT2D eigenvalue weighted by Crippen LogP contribution is -2.15. The number of nitrogens with zero attached hydrogens (tertiary/aromatic N) is 4. The van der Waals surface area contributed by atoms with E-state index in [2.05, 4.69) is 29.6 Å². The van der Waals surface area contributed by atoms with Gasteiger partial charge in [0.15, 0.2) is 0 Å². The number of sulfonamides is 2. The molecule has 4 aromatic rings. The fourth-order valence-electron chi connectivity index (χ4n) is 2.76. The quantitative estimate of drug-likeness (QED) is 0.260. The molecule has 0 amide bonds. The normalized spacial score (nSPS) is 11.3. The van der Waals surface area contributed by atoms with E-state index < -0.39 is 20.0 Å². The average Bonchev–Trinajstić information content (AvgIpc) is 3.17. The first-order valence-corrected chi connectivity index (χ1v) is 14.0. The molecule has 0 saturated carbocycles. The lowest BCUT2D eigenvalue weighted by atomic mass is 10.3. The Morgan fingerprint density at radius 2 is 1.14 bits per heavy atom. The molecule has 0 aliphatic carbocycles. The maximum Gasteiger partial charge on any atom is 0.264 e. The van der Waals surface area contributed by atoms with Crippen LogP contribution in [0.4, 0.5) is 22.5 Å². The Hall–Kier alpha value is -3.82. The molecule has 2 aromatic carbocycles. The molecular formula is C21H24N8O4S3. The molecule has 12 nitrogen and oxygen atoms in total. The van der Waals surface area contributed by atoms with Crippen LogP contribution in [0.15, 0.2) is 64.4 Å². The van der Waals surface area contributed by atoms with Crippen LogP contribution in [0.2, 0.25) is 0 Å². The molecule has 0 aliphatic rings. The number of aryl methyl sites for hydroxylation is 3. The van der Waals surface area contributed by atoms with Crippen molar-refractivity contribution in [2.24, 2.45) is 0 Å². The Morgan fingerprint density at radius 1 is 0.694 bits per heavy atom. The monoisotopic (exact) mass is 548 g/mol. The van der Waals surface area contributed by atoms with Crippen molar-refractivity contribution in [3.63, 3.8) is 0 Å². The first-order chi connectivity index (χ1) is 16.8. The zero-order valence-corrected chi connectivity index (χ0v) is 21.9. The molecule has 0 unspecified atom stereocenters. The summed E-state index contributed by atoms with van der Waals surface area (Å²) in [5.74, 6) is 0.0642. The third-order valence-electron chi connectivity index (χ3n) is 4.34. The molecular weight excluding hydrogens is 524 g/mol. The van der Waals surface area contributed by atoms with E-state index in [1.807, 2.05) is 0 Å². The van der Waals surface area contributed by atoms with Crippen LogP contribution in [0.5, 0.6) is 0 Å². The summed E-state index contributed by atoms with van der Waals surface area (Å²) in [4.78, 5) is 8.33. The van der Waals surface area contributed by atoms with Crippen LogP contribution < -0.4 is 20.9 Å². The highest BCUT2D eigenvalue weighted by Crippen LogP contribution is 2.20. The van der Waals surface area contributed by atoms with Crippen molar-refractivity contribution in [3.8, 4) is 0 Å². The number of rotatable bonds is 6. The molecule has 0 aliphatic heterocycles. The van der Waals surface area contributed by atoms with Crippen LogP contribution >= 0.6 is 11.3 Å². The third kappa shape index (κ3) is 7.34. The van der Waals surface area contributed by atoms with E-state index in [1.54, 1.807) is 26.8 Å². The Morgan fingerprint density at radius 3 is 1.56 bits per heavy atom. The number of benzene rings is 2. The first kappa shape index (κ1) is 26.8. The van der Waals surface area contributed by atoms with Crippen molar-refractivity contribution in [3.05, 3.63) is 71.0 Å². The van der Waals surface area contributed by atoms with Crippen molar-refractivity contribution < 1.29 is 16.8 Å². The molecule has 190 valence electrons. The largest absolute Gasteiger partial charge is 0.399 e. The van der Waals surface area contributed by atoms with Gasteiger partial charge in [0.25, 0.3) is 20.0 Å². The van der Waals surface area contributed by atoms with Gasteiger partial charge < -0.3 is 11.5 Å². The van der Waals surface area contributed by atoms with Gasteiger partial charge in [-0.1, -0.05) is 11.3 Å². The minimum Gasteiger partial charge on any atom is -0.399 e. The van der Waals surface area contributed by atoms with Gasteiger partial charge >= 0.3 is 0 Å². The third-order valence-corrected chi connectivity index (χ3v) is 7.92. The van der Waals surface area contributed by atoms with Crippen LogP contribution in [0.25, 0.3) is 0 Å². The molecule has 2 aromatic heterocycles. The van der Waals surface area contributed by atoms with Crippen LogP contribution in [0, 0.1) is 20.8 Å². The Balaban J connectivity index is 0.000000202. The predicted molar refractivity (Wildman–Crippen MR) is 139 cm³/mol. The summed E-state index contributed by atoms with van der Waals surface area (Å²) < 4.78 is 52.7. The molecule has 0 saturated heterocycles. The SMILES string of the molecule is Cc1cc(C)nc(NS(=O)(=O)c2ccc(N)cc2)n1.Cc1nnc(NS(=O)(=O)c2ccc(N)cc2)s1. The van der Waals surface area contributed by atoms with E-state index in [0.29, 0.717) is 27.8 Å². The van der Waals surface area contributed by atoms with Crippen LogP contribution in [0.3, 0.4) is 0 Å². The Labute approximate surface area is 212 Å². The molecule has 0 spiro atoms. The van der Waals surface area contributed by atoms with Crippen LogP contribution in [-0.2, 0) is 20.0 Å². The zero-order valence-electron chi connectivity index (χ0n) is 19.5. The molecule has 0 atom stereocenters. The molecule has 36 heavy (non-hydrogen) atoms. The van der Waals surface area contributed by atoms with E-state index in [1.165, 1.54) is 59.9 Å².